The third kappa shape index (κ3) is 4.27. The van der Waals surface area contributed by atoms with E-state index in [0.717, 1.165) is 19.3 Å². The molecule has 0 aromatic rings. The minimum absolute atomic E-state index is 0.112. The van der Waals surface area contributed by atoms with Gasteiger partial charge in [0.15, 0.2) is 0 Å². The van der Waals surface area contributed by atoms with Crippen LogP contribution in [0.2, 0.25) is 0 Å². The molecule has 0 saturated heterocycles. The van der Waals surface area contributed by atoms with E-state index in [1.54, 1.807) is 7.11 Å². The maximum atomic E-state index is 11.7. The molecule has 0 spiro atoms. The molecule has 104 valence electrons. The summed E-state index contributed by atoms with van der Waals surface area (Å²) < 4.78 is 4.86. The van der Waals surface area contributed by atoms with E-state index in [1.807, 2.05) is 0 Å². The van der Waals surface area contributed by atoms with E-state index in [9.17, 15) is 9.59 Å². The Kier molecular flexibility index (Phi) is 5.55. The lowest BCUT2D eigenvalue weighted by Crippen LogP contribution is -2.48. The molecular formula is C12H22N2O4. The van der Waals surface area contributed by atoms with Gasteiger partial charge in [0, 0.05) is 20.3 Å². The molecule has 1 unspecified atom stereocenters. The fraction of sp³-hybridized carbons (Fsp3) is 0.833. The first-order valence-electron chi connectivity index (χ1n) is 6.23. The average molecular weight is 258 g/mol. The number of amides is 1. The van der Waals surface area contributed by atoms with Crippen molar-refractivity contribution >= 4 is 11.9 Å². The lowest BCUT2D eigenvalue weighted by molar-refractivity contribution is -0.142. The number of methoxy groups -OCH3 is 1. The first kappa shape index (κ1) is 14.9. The number of ether oxygens (including phenoxy) is 1. The Bertz CT molecular complexity index is 302. The van der Waals surface area contributed by atoms with Crippen molar-refractivity contribution in [2.45, 2.75) is 38.1 Å². The van der Waals surface area contributed by atoms with Crippen LogP contribution >= 0.6 is 0 Å². The molecule has 1 aliphatic carbocycles. The molecule has 0 aromatic heterocycles. The summed E-state index contributed by atoms with van der Waals surface area (Å²) in [6.07, 6.45) is 3.31. The summed E-state index contributed by atoms with van der Waals surface area (Å²) in [7, 11) is 1.56. The average Bonchev–Trinajstić information content (AvgIpc) is 2.28. The molecule has 6 nitrogen and oxygen atoms in total. The summed E-state index contributed by atoms with van der Waals surface area (Å²) in [5, 5.41) is 11.6. The molecule has 18 heavy (non-hydrogen) atoms. The van der Waals surface area contributed by atoms with Crippen molar-refractivity contribution in [1.29, 1.82) is 0 Å². The molecule has 0 bridgehead atoms. The smallest absolute Gasteiger partial charge is 0.303 e. The Morgan fingerprint density at radius 1 is 1.50 bits per heavy atom. The van der Waals surface area contributed by atoms with Crippen LogP contribution in [0.3, 0.4) is 0 Å². The van der Waals surface area contributed by atoms with Gasteiger partial charge in [0.05, 0.1) is 12.5 Å². The van der Waals surface area contributed by atoms with Crippen molar-refractivity contribution in [1.82, 2.24) is 5.32 Å². The van der Waals surface area contributed by atoms with Gasteiger partial charge in [-0.1, -0.05) is 6.42 Å². The summed E-state index contributed by atoms with van der Waals surface area (Å²) in [5.41, 5.74) is 5.42. The van der Waals surface area contributed by atoms with Gasteiger partial charge in [-0.3, -0.25) is 9.59 Å². The van der Waals surface area contributed by atoms with Crippen molar-refractivity contribution in [3.05, 3.63) is 0 Å². The van der Waals surface area contributed by atoms with Crippen LogP contribution in [-0.2, 0) is 14.3 Å². The number of nitrogens with two attached hydrogens (primary N) is 1. The van der Waals surface area contributed by atoms with E-state index < -0.39 is 12.0 Å². The topological polar surface area (TPSA) is 102 Å². The first-order chi connectivity index (χ1) is 8.49. The summed E-state index contributed by atoms with van der Waals surface area (Å²) in [6, 6.07) is -0.591. The highest BCUT2D eigenvalue weighted by Crippen LogP contribution is 2.43. The molecular weight excluding hydrogens is 236 g/mol. The van der Waals surface area contributed by atoms with Gasteiger partial charge in [0.1, 0.15) is 0 Å². The number of rotatable bonds is 8. The fourth-order valence-electron chi connectivity index (χ4n) is 2.20. The largest absolute Gasteiger partial charge is 0.481 e. The second-order valence-electron chi connectivity index (χ2n) is 5.03. The van der Waals surface area contributed by atoms with E-state index in [2.05, 4.69) is 5.32 Å². The maximum Gasteiger partial charge on any atom is 0.303 e. The number of hydrogen-bond acceptors (Lipinski definition) is 4. The zero-order valence-electron chi connectivity index (χ0n) is 10.8. The Morgan fingerprint density at radius 3 is 2.61 bits per heavy atom. The summed E-state index contributed by atoms with van der Waals surface area (Å²) in [5.74, 6) is -1.05. The van der Waals surface area contributed by atoms with Gasteiger partial charge >= 0.3 is 5.97 Å². The molecule has 0 heterocycles. The predicted molar refractivity (Wildman–Crippen MR) is 66.0 cm³/mol. The van der Waals surface area contributed by atoms with E-state index in [0.29, 0.717) is 19.6 Å². The number of carbonyl (C=O) groups is 2. The lowest BCUT2D eigenvalue weighted by atomic mass is 9.66. The van der Waals surface area contributed by atoms with Crippen molar-refractivity contribution < 1.29 is 19.4 Å². The minimum Gasteiger partial charge on any atom is -0.481 e. The molecule has 0 radical (unpaired) electrons. The second kappa shape index (κ2) is 6.70. The van der Waals surface area contributed by atoms with Crippen LogP contribution in [0.1, 0.15) is 32.1 Å². The highest BCUT2D eigenvalue weighted by molar-refractivity contribution is 5.81. The van der Waals surface area contributed by atoms with Gasteiger partial charge in [-0.15, -0.1) is 0 Å². The van der Waals surface area contributed by atoms with Crippen molar-refractivity contribution in [3.63, 3.8) is 0 Å². The van der Waals surface area contributed by atoms with Crippen molar-refractivity contribution in [3.8, 4) is 0 Å². The maximum absolute atomic E-state index is 11.7. The first-order valence-corrected chi connectivity index (χ1v) is 6.23. The Balaban J connectivity index is 2.34. The van der Waals surface area contributed by atoms with Crippen LogP contribution in [0.4, 0.5) is 0 Å². The highest BCUT2D eigenvalue weighted by Gasteiger charge is 2.39. The number of carboxylic acids is 1. The van der Waals surface area contributed by atoms with Gasteiger partial charge in [0.2, 0.25) is 5.91 Å². The predicted octanol–water partition coefficient (Wildman–Crippen LogP) is 0.111. The lowest BCUT2D eigenvalue weighted by Gasteiger charge is -2.41. The minimum atomic E-state index is -0.812. The number of hydrogen-bond donors (Lipinski definition) is 3. The van der Waals surface area contributed by atoms with Gasteiger partial charge in [-0.05, 0) is 24.7 Å². The van der Waals surface area contributed by atoms with Crippen LogP contribution in [0.5, 0.6) is 0 Å². The third-order valence-corrected chi connectivity index (χ3v) is 3.55. The van der Waals surface area contributed by atoms with E-state index in [-0.39, 0.29) is 17.7 Å². The van der Waals surface area contributed by atoms with Crippen LogP contribution in [0.15, 0.2) is 0 Å². The van der Waals surface area contributed by atoms with Crippen LogP contribution in [0, 0.1) is 5.41 Å². The third-order valence-electron chi connectivity index (χ3n) is 3.55. The highest BCUT2D eigenvalue weighted by atomic mass is 16.5. The van der Waals surface area contributed by atoms with Gasteiger partial charge in [-0.2, -0.15) is 0 Å². The number of nitrogens with one attached hydrogen (secondary N) is 1. The van der Waals surface area contributed by atoms with E-state index in [4.69, 9.17) is 15.6 Å². The molecule has 1 aliphatic rings. The number of carbonyl (C=O) groups excluding carboxylic acids is 1. The zero-order chi connectivity index (χ0) is 13.6. The molecule has 1 atom stereocenters. The summed E-state index contributed by atoms with van der Waals surface area (Å²) in [4.78, 5) is 22.5. The van der Waals surface area contributed by atoms with Crippen LogP contribution in [0.25, 0.3) is 0 Å². The molecule has 1 amide bonds. The Hall–Kier alpha value is -1.14. The molecule has 1 saturated carbocycles. The molecule has 0 aliphatic heterocycles. The fourth-order valence-corrected chi connectivity index (χ4v) is 2.20. The van der Waals surface area contributed by atoms with Gasteiger partial charge in [0.25, 0.3) is 0 Å². The van der Waals surface area contributed by atoms with Crippen LogP contribution < -0.4 is 11.1 Å². The van der Waals surface area contributed by atoms with Crippen molar-refractivity contribution in [2.24, 2.45) is 11.1 Å². The SMILES string of the molecule is COCCC(N)C(=O)NCC1(CC(=O)O)CCC1. The van der Waals surface area contributed by atoms with Gasteiger partial charge in [-0.25, -0.2) is 0 Å². The van der Waals surface area contributed by atoms with Crippen LogP contribution in [-0.4, -0.2) is 43.3 Å². The quantitative estimate of drug-likeness (QED) is 0.573. The van der Waals surface area contributed by atoms with E-state index in [1.165, 1.54) is 0 Å². The Labute approximate surface area is 107 Å². The molecule has 1 rings (SSSR count). The molecule has 0 aromatic carbocycles. The standard InChI is InChI=1S/C12H22N2O4/c1-18-6-3-9(13)11(17)14-8-12(4-2-5-12)7-10(15)16/h9H,2-8,13H2,1H3,(H,14,17)(H,15,16). The molecule has 6 heteroatoms. The summed E-state index contributed by atoms with van der Waals surface area (Å²) >= 11 is 0. The zero-order valence-corrected chi connectivity index (χ0v) is 10.8. The monoisotopic (exact) mass is 258 g/mol. The second-order valence-corrected chi connectivity index (χ2v) is 5.03. The summed E-state index contributed by atoms with van der Waals surface area (Å²) in [6.45, 7) is 0.841. The number of carboxylic acid groups (broad SMARTS) is 1. The molecule has 4 N–H and O–H groups in total. The Morgan fingerprint density at radius 2 is 2.17 bits per heavy atom. The van der Waals surface area contributed by atoms with Gasteiger partial charge < -0.3 is 20.9 Å². The van der Waals surface area contributed by atoms with E-state index >= 15 is 0 Å². The normalized spacial score (nSPS) is 18.8. The van der Waals surface area contributed by atoms with Crippen molar-refractivity contribution in [2.75, 3.05) is 20.3 Å². The molecule has 1 fully saturated rings. The number of aliphatic carboxylic acids is 1.